The van der Waals surface area contributed by atoms with E-state index in [4.69, 9.17) is 5.73 Å². The molecule has 1 rings (SSSR count). The zero-order chi connectivity index (χ0) is 15.3. The van der Waals surface area contributed by atoms with E-state index in [2.05, 4.69) is 6.92 Å². The molecule has 1 aromatic rings. The molecule has 2 atom stereocenters. The highest BCUT2D eigenvalue weighted by Crippen LogP contribution is 2.34. The zero-order valence-corrected chi connectivity index (χ0v) is 11.8. The van der Waals surface area contributed by atoms with Crippen LogP contribution in [-0.2, 0) is 4.79 Å². The van der Waals surface area contributed by atoms with Crippen molar-refractivity contribution in [1.82, 2.24) is 0 Å². The molecule has 0 amide bonds. The molecule has 2 unspecified atom stereocenters. The summed E-state index contributed by atoms with van der Waals surface area (Å²) >= 11 is 0. The molecule has 1 aromatic carbocycles. The van der Waals surface area contributed by atoms with Gasteiger partial charge in [-0.1, -0.05) is 33.1 Å². The molecular weight excluding hydrogens is 264 g/mol. The molecule has 0 spiro atoms. The Morgan fingerprint density at radius 1 is 1.35 bits per heavy atom. The first-order valence-electron chi connectivity index (χ1n) is 6.85. The fourth-order valence-electron chi connectivity index (χ4n) is 2.43. The molecular formula is C15H21F2NO2. The maximum Gasteiger partial charge on any atom is 0.311 e. The van der Waals surface area contributed by atoms with Crippen LogP contribution in [0.4, 0.5) is 14.5 Å². The Kier molecular flexibility index (Phi) is 5.92. The van der Waals surface area contributed by atoms with E-state index in [9.17, 15) is 18.7 Å². The fraction of sp³-hybridized carbons (Fsp3) is 0.533. The zero-order valence-electron chi connectivity index (χ0n) is 11.8. The summed E-state index contributed by atoms with van der Waals surface area (Å²) in [4.78, 5) is 11.4. The van der Waals surface area contributed by atoms with Crippen LogP contribution >= 0.6 is 0 Å². The first-order valence-corrected chi connectivity index (χ1v) is 6.85. The summed E-state index contributed by atoms with van der Waals surface area (Å²) in [5.41, 5.74) is 5.33. The molecule has 0 heterocycles. The second-order valence-corrected chi connectivity index (χ2v) is 5.18. The van der Waals surface area contributed by atoms with Gasteiger partial charge >= 0.3 is 5.97 Å². The lowest BCUT2D eigenvalue weighted by molar-refractivity contribution is -0.140. The van der Waals surface area contributed by atoms with Crippen LogP contribution < -0.4 is 5.73 Å². The van der Waals surface area contributed by atoms with E-state index in [0.717, 1.165) is 25.3 Å². The van der Waals surface area contributed by atoms with E-state index in [-0.39, 0.29) is 17.2 Å². The van der Waals surface area contributed by atoms with Crippen molar-refractivity contribution in [2.24, 2.45) is 5.92 Å². The van der Waals surface area contributed by atoms with Crippen LogP contribution in [0.2, 0.25) is 0 Å². The summed E-state index contributed by atoms with van der Waals surface area (Å²) in [7, 11) is 0. The minimum absolute atomic E-state index is 0.0269. The van der Waals surface area contributed by atoms with Crippen molar-refractivity contribution in [2.45, 2.75) is 45.4 Å². The summed E-state index contributed by atoms with van der Waals surface area (Å²) in [6.45, 7) is 3.83. The molecule has 0 aliphatic rings. The number of benzene rings is 1. The molecule has 3 nitrogen and oxygen atoms in total. The van der Waals surface area contributed by atoms with Gasteiger partial charge < -0.3 is 10.8 Å². The minimum Gasteiger partial charge on any atom is -0.481 e. The van der Waals surface area contributed by atoms with Gasteiger partial charge in [-0.3, -0.25) is 4.79 Å². The number of carboxylic acids is 1. The molecule has 3 N–H and O–H groups in total. The normalized spacial score (nSPS) is 14.0. The van der Waals surface area contributed by atoms with E-state index in [1.165, 1.54) is 0 Å². The smallest absolute Gasteiger partial charge is 0.311 e. The largest absolute Gasteiger partial charge is 0.481 e. The molecule has 0 aliphatic carbocycles. The minimum atomic E-state index is -1.11. The van der Waals surface area contributed by atoms with Crippen molar-refractivity contribution in [3.8, 4) is 0 Å². The number of nitrogens with two attached hydrogens (primary N) is 1. The van der Waals surface area contributed by atoms with Gasteiger partial charge in [0.15, 0.2) is 0 Å². The number of rotatable bonds is 7. The number of aliphatic carboxylic acids is 1. The van der Waals surface area contributed by atoms with E-state index in [0.29, 0.717) is 12.5 Å². The number of halogens is 2. The van der Waals surface area contributed by atoms with Crippen LogP contribution in [-0.4, -0.2) is 11.1 Å². The number of hydrogen-bond acceptors (Lipinski definition) is 2. The second kappa shape index (κ2) is 7.22. The summed E-state index contributed by atoms with van der Waals surface area (Å²) in [5, 5.41) is 9.36. The van der Waals surface area contributed by atoms with Gasteiger partial charge in [0.05, 0.1) is 11.6 Å². The molecule has 0 radical (unpaired) electrons. The SMILES string of the molecule is CCCCCC(C)C(C(=O)O)c1cc(F)cc(F)c1N. The maximum atomic E-state index is 13.5. The number of unbranched alkanes of at least 4 members (excludes halogenated alkanes) is 2. The first-order chi connectivity index (χ1) is 9.38. The molecule has 5 heteroatoms. The van der Waals surface area contributed by atoms with Crippen molar-refractivity contribution < 1.29 is 18.7 Å². The number of hydrogen-bond donors (Lipinski definition) is 2. The summed E-state index contributed by atoms with van der Waals surface area (Å²) in [6.07, 6.45) is 3.60. The number of nitrogen functional groups attached to an aromatic ring is 1. The predicted octanol–water partition coefficient (Wildman–Crippen LogP) is 3.93. The monoisotopic (exact) mass is 285 g/mol. The van der Waals surface area contributed by atoms with Gasteiger partial charge in [-0.15, -0.1) is 0 Å². The highest BCUT2D eigenvalue weighted by Gasteiger charge is 2.29. The molecule has 0 saturated heterocycles. The van der Waals surface area contributed by atoms with Crippen LogP contribution in [0, 0.1) is 17.6 Å². The summed E-state index contributed by atoms with van der Waals surface area (Å²) in [5.74, 6) is -4.05. The molecule has 112 valence electrons. The molecule has 0 saturated carbocycles. The highest BCUT2D eigenvalue weighted by molar-refractivity contribution is 5.79. The maximum absolute atomic E-state index is 13.5. The summed E-state index contributed by atoms with van der Waals surface area (Å²) < 4.78 is 26.8. The molecule has 0 aromatic heterocycles. The Balaban J connectivity index is 3.05. The predicted molar refractivity (Wildman–Crippen MR) is 74.5 cm³/mol. The Morgan fingerprint density at radius 2 is 2.00 bits per heavy atom. The van der Waals surface area contributed by atoms with Gasteiger partial charge in [0.2, 0.25) is 0 Å². The third-order valence-electron chi connectivity index (χ3n) is 3.56. The Morgan fingerprint density at radius 3 is 2.55 bits per heavy atom. The van der Waals surface area contributed by atoms with Crippen molar-refractivity contribution in [1.29, 1.82) is 0 Å². The van der Waals surface area contributed by atoms with Crippen molar-refractivity contribution in [2.75, 3.05) is 5.73 Å². The lowest BCUT2D eigenvalue weighted by Gasteiger charge is -2.22. The standard InChI is InChI=1S/C15H21F2NO2/c1-3-4-5-6-9(2)13(15(19)20)11-7-10(16)8-12(17)14(11)18/h7-9,13H,3-6,18H2,1-2H3,(H,19,20). The van der Waals surface area contributed by atoms with E-state index >= 15 is 0 Å². The van der Waals surface area contributed by atoms with Gasteiger partial charge in [0.1, 0.15) is 11.6 Å². The number of carboxylic acid groups (broad SMARTS) is 1. The molecule has 0 bridgehead atoms. The van der Waals surface area contributed by atoms with Gasteiger partial charge in [-0.05, 0) is 24.0 Å². The first kappa shape index (κ1) is 16.4. The molecule has 0 fully saturated rings. The fourth-order valence-corrected chi connectivity index (χ4v) is 2.43. The topological polar surface area (TPSA) is 63.3 Å². The van der Waals surface area contributed by atoms with Crippen LogP contribution in [0.25, 0.3) is 0 Å². The highest BCUT2D eigenvalue weighted by atomic mass is 19.1. The van der Waals surface area contributed by atoms with Crippen LogP contribution in [0.3, 0.4) is 0 Å². The average Bonchev–Trinajstić information content (AvgIpc) is 2.35. The number of carbonyl (C=O) groups is 1. The molecule has 0 aliphatic heterocycles. The quantitative estimate of drug-likeness (QED) is 0.589. The van der Waals surface area contributed by atoms with Crippen molar-refractivity contribution >= 4 is 11.7 Å². The Hall–Kier alpha value is -1.65. The van der Waals surface area contributed by atoms with Gasteiger partial charge in [0, 0.05) is 6.07 Å². The van der Waals surface area contributed by atoms with Crippen LogP contribution in [0.15, 0.2) is 12.1 Å². The third kappa shape index (κ3) is 3.92. The van der Waals surface area contributed by atoms with Crippen LogP contribution in [0.5, 0.6) is 0 Å². The lowest BCUT2D eigenvalue weighted by atomic mass is 9.83. The lowest BCUT2D eigenvalue weighted by Crippen LogP contribution is -2.21. The second-order valence-electron chi connectivity index (χ2n) is 5.18. The Labute approximate surface area is 117 Å². The van der Waals surface area contributed by atoms with Gasteiger partial charge in [-0.2, -0.15) is 0 Å². The van der Waals surface area contributed by atoms with E-state index < -0.39 is 23.5 Å². The van der Waals surface area contributed by atoms with Crippen molar-refractivity contribution in [3.63, 3.8) is 0 Å². The van der Waals surface area contributed by atoms with E-state index in [1.807, 2.05) is 0 Å². The van der Waals surface area contributed by atoms with Crippen LogP contribution in [0.1, 0.15) is 51.0 Å². The van der Waals surface area contributed by atoms with Crippen molar-refractivity contribution in [3.05, 3.63) is 29.3 Å². The third-order valence-corrected chi connectivity index (χ3v) is 3.56. The number of anilines is 1. The van der Waals surface area contributed by atoms with Gasteiger partial charge in [-0.25, -0.2) is 8.78 Å². The Bertz CT molecular complexity index is 477. The van der Waals surface area contributed by atoms with Gasteiger partial charge in [0.25, 0.3) is 0 Å². The molecule has 20 heavy (non-hydrogen) atoms. The van der Waals surface area contributed by atoms with E-state index in [1.54, 1.807) is 6.92 Å². The average molecular weight is 285 g/mol. The summed E-state index contributed by atoms with van der Waals surface area (Å²) in [6, 6.07) is 1.69.